The molecule has 2 spiro atoms. The summed E-state index contributed by atoms with van der Waals surface area (Å²) in [6.07, 6.45) is 13.7. The van der Waals surface area contributed by atoms with E-state index in [1.165, 1.54) is 31.3 Å². The van der Waals surface area contributed by atoms with Crippen LogP contribution in [-0.4, -0.2) is 139 Å². The Bertz CT molecular complexity index is 2170. The van der Waals surface area contributed by atoms with E-state index < -0.39 is 6.10 Å². The highest BCUT2D eigenvalue weighted by atomic mass is 16.6. The Hall–Kier alpha value is -3.52. The number of carbonyl (C=O) groups excluding carboxylic acids is 2. The Kier molecular flexibility index (Phi) is 18.7. The molecule has 0 N–H and O–H groups in total. The molecule has 6 fully saturated rings. The number of allylic oxidation sites excluding steroid dienone is 2. The summed E-state index contributed by atoms with van der Waals surface area (Å²) in [7, 11) is 9.77. The van der Waals surface area contributed by atoms with Crippen LogP contribution in [0.2, 0.25) is 0 Å². The molecule has 2 saturated heterocycles. The molecule has 0 radical (unpaired) electrons. The number of carbonyl (C=O) groups is 2. The zero-order valence-corrected chi connectivity index (χ0v) is 47.3. The molecular weight excluding hydrogens is 933 g/mol. The van der Waals surface area contributed by atoms with Crippen LogP contribution in [0.4, 0.5) is 0 Å². The molecule has 12 heteroatoms. The molecule has 13 atom stereocenters. The zero-order valence-electron chi connectivity index (χ0n) is 47.3. The molecule has 412 valence electrons. The van der Waals surface area contributed by atoms with Gasteiger partial charge in [-0.15, -0.1) is 0 Å². The third-order valence-electron chi connectivity index (χ3n) is 19.0. The number of epoxide rings is 2. The van der Waals surface area contributed by atoms with Gasteiger partial charge in [0.25, 0.3) is 0 Å². The van der Waals surface area contributed by atoms with Crippen LogP contribution < -0.4 is 9.47 Å². The van der Waals surface area contributed by atoms with E-state index in [9.17, 15) is 9.59 Å². The standard InChI is InChI=1S/C62H94N2O10/c1-42(2)12-20-47-28-31-59(47,5)57-55(67-10)51(30-33-61(57)40-71-61)73-52(65)26-18-44-16-24-50(25-17-44)70-37-35-64(9)39-46-38-62(41-72-62)58(60(6)32-29-48(60)21-13-43(3)4)56(68-11)54(46)74-53(66)27-19-45-14-22-49(23-15-45)69-36-34-63(7)8/h12,14-17,22-25,43,46-48,51,54-58H,13,18-21,26-41H2,1-11H3/t46?,47-,48-,51+,54+,55+,56+,57+,58+,59-,60-,61?,62?/m0/s1. The number of likely N-dealkylation sites (N-methyl/N-ethyl adjacent to an activating group) is 2. The van der Waals surface area contributed by atoms with Crippen LogP contribution in [0.1, 0.15) is 130 Å². The molecular formula is C62H94N2O10. The van der Waals surface area contributed by atoms with E-state index in [1.807, 2.05) is 62.6 Å². The Morgan fingerprint density at radius 3 is 1.74 bits per heavy atom. The van der Waals surface area contributed by atoms with Crippen molar-refractivity contribution in [3.63, 3.8) is 0 Å². The van der Waals surface area contributed by atoms with Gasteiger partial charge in [-0.3, -0.25) is 9.59 Å². The number of methoxy groups -OCH3 is 2. The third kappa shape index (κ3) is 13.2. The van der Waals surface area contributed by atoms with Crippen LogP contribution >= 0.6 is 0 Å². The first kappa shape index (κ1) is 56.7. The first-order chi connectivity index (χ1) is 35.4. The minimum absolute atomic E-state index is 0.0229. The molecule has 2 aliphatic heterocycles. The number of nitrogens with zero attached hydrogens (tertiary/aromatic N) is 2. The molecule has 0 aromatic heterocycles. The van der Waals surface area contributed by atoms with Gasteiger partial charge in [-0.2, -0.15) is 0 Å². The van der Waals surface area contributed by atoms with E-state index in [2.05, 4.69) is 64.5 Å². The fourth-order valence-electron chi connectivity index (χ4n) is 14.2. The van der Waals surface area contributed by atoms with Gasteiger partial charge >= 0.3 is 11.9 Å². The van der Waals surface area contributed by atoms with E-state index in [0.717, 1.165) is 80.9 Å². The van der Waals surface area contributed by atoms with Gasteiger partial charge in [-0.05, 0) is 170 Å². The quantitative estimate of drug-likeness (QED) is 0.0481. The van der Waals surface area contributed by atoms with Crippen molar-refractivity contribution in [1.29, 1.82) is 0 Å². The molecule has 6 aliphatic rings. The lowest BCUT2D eigenvalue weighted by molar-refractivity contribution is -0.207. The summed E-state index contributed by atoms with van der Waals surface area (Å²) >= 11 is 0. The van der Waals surface area contributed by atoms with Crippen molar-refractivity contribution in [2.24, 2.45) is 46.3 Å². The molecule has 2 heterocycles. The summed E-state index contributed by atoms with van der Waals surface area (Å²) in [6, 6.07) is 16.1. The summed E-state index contributed by atoms with van der Waals surface area (Å²) < 4.78 is 50.7. The Labute approximate surface area is 445 Å². The number of aryl methyl sites for hydroxylation is 2. The molecule has 4 aliphatic carbocycles. The average Bonchev–Trinajstić information content (AvgIpc) is 4.31. The normalized spacial score (nSPS) is 34.1. The number of hydrogen-bond donors (Lipinski definition) is 0. The van der Waals surface area contributed by atoms with Crippen molar-refractivity contribution < 1.29 is 47.5 Å². The smallest absolute Gasteiger partial charge is 0.306 e. The predicted molar refractivity (Wildman–Crippen MR) is 289 cm³/mol. The number of ether oxygens (including phenoxy) is 8. The van der Waals surface area contributed by atoms with Gasteiger partial charge in [-0.25, -0.2) is 0 Å². The van der Waals surface area contributed by atoms with Crippen molar-refractivity contribution in [2.45, 2.75) is 167 Å². The predicted octanol–water partition coefficient (Wildman–Crippen LogP) is 10.6. The number of rotatable bonds is 27. The van der Waals surface area contributed by atoms with Crippen molar-refractivity contribution >= 4 is 11.9 Å². The maximum Gasteiger partial charge on any atom is 0.306 e. The fourth-order valence-corrected chi connectivity index (χ4v) is 14.2. The minimum Gasteiger partial charge on any atom is -0.492 e. The highest BCUT2D eigenvalue weighted by molar-refractivity contribution is 5.70. The molecule has 4 saturated carbocycles. The van der Waals surface area contributed by atoms with Gasteiger partial charge < -0.3 is 47.7 Å². The third-order valence-corrected chi connectivity index (χ3v) is 19.0. The topological polar surface area (TPSA) is 121 Å². The maximum absolute atomic E-state index is 13.9. The van der Waals surface area contributed by atoms with Crippen LogP contribution in [0.15, 0.2) is 60.2 Å². The van der Waals surface area contributed by atoms with Gasteiger partial charge in [0.05, 0.1) is 24.4 Å². The van der Waals surface area contributed by atoms with E-state index in [-0.39, 0.29) is 76.5 Å². The summed E-state index contributed by atoms with van der Waals surface area (Å²) in [5.74, 6) is 3.46. The SMILES string of the molecule is CO[C@@H]1[C@H](OC(=O)CCc2ccc(OCCN(C)C)cc2)C(CN(C)CCOc2ccc(CCC(=O)O[C@@H]3CCC4(CO4)[C@@H]([C@@]4(C)CC[C@@H]4CC=C(C)C)[C@@H]3OC)cc2)CC2(CO2)[C@H]1[C@@]1(C)CC[C@@H]1CCC(C)C. The lowest BCUT2D eigenvalue weighted by Gasteiger charge is -2.59. The van der Waals surface area contributed by atoms with Crippen molar-refractivity contribution in [1.82, 2.24) is 9.80 Å². The van der Waals surface area contributed by atoms with E-state index >= 15 is 0 Å². The number of benzene rings is 2. The summed E-state index contributed by atoms with van der Waals surface area (Å²) in [4.78, 5) is 31.8. The van der Waals surface area contributed by atoms with Crippen LogP contribution in [0, 0.1) is 46.3 Å². The van der Waals surface area contributed by atoms with Crippen LogP contribution in [-0.2, 0) is 50.9 Å². The lowest BCUT2D eigenvalue weighted by Crippen LogP contribution is -2.64. The van der Waals surface area contributed by atoms with Crippen LogP contribution in [0.5, 0.6) is 11.5 Å². The summed E-state index contributed by atoms with van der Waals surface area (Å²) in [5.41, 5.74) is 3.23. The second-order valence-corrected chi connectivity index (χ2v) is 25.1. The fraction of sp³-hybridized carbons (Fsp3) is 0.742. The summed E-state index contributed by atoms with van der Waals surface area (Å²) in [5, 5.41) is 0. The molecule has 0 amide bonds. The van der Waals surface area contributed by atoms with Crippen molar-refractivity contribution in [3.8, 4) is 11.5 Å². The van der Waals surface area contributed by atoms with E-state index in [4.69, 9.17) is 37.9 Å². The average molecular weight is 1030 g/mol. The van der Waals surface area contributed by atoms with Crippen LogP contribution in [0.3, 0.4) is 0 Å². The Morgan fingerprint density at radius 2 is 1.24 bits per heavy atom. The van der Waals surface area contributed by atoms with Crippen molar-refractivity contribution in [2.75, 3.05) is 81.4 Å². The molecule has 0 bridgehead atoms. The Balaban J connectivity index is 0.837. The largest absolute Gasteiger partial charge is 0.492 e. The molecule has 8 rings (SSSR count). The molecule has 2 aromatic carbocycles. The van der Waals surface area contributed by atoms with Crippen LogP contribution in [0.25, 0.3) is 0 Å². The van der Waals surface area contributed by atoms with Gasteiger partial charge in [0.2, 0.25) is 0 Å². The first-order valence-electron chi connectivity index (χ1n) is 28.5. The highest BCUT2D eigenvalue weighted by Crippen LogP contribution is 2.66. The van der Waals surface area contributed by atoms with Gasteiger partial charge in [0.1, 0.15) is 49.1 Å². The monoisotopic (exact) mass is 1030 g/mol. The van der Waals surface area contributed by atoms with E-state index in [1.54, 1.807) is 14.2 Å². The first-order valence-corrected chi connectivity index (χ1v) is 28.5. The highest BCUT2D eigenvalue weighted by Gasteiger charge is 2.70. The molecule has 12 nitrogen and oxygen atoms in total. The second kappa shape index (κ2) is 24.4. The van der Waals surface area contributed by atoms with Gasteiger partial charge in [0.15, 0.2) is 0 Å². The zero-order chi connectivity index (χ0) is 52.8. The molecule has 2 aromatic rings. The number of hydrogen-bond acceptors (Lipinski definition) is 12. The number of esters is 2. The molecule has 74 heavy (non-hydrogen) atoms. The Morgan fingerprint density at radius 1 is 0.703 bits per heavy atom. The minimum atomic E-state index is -0.400. The van der Waals surface area contributed by atoms with Crippen molar-refractivity contribution in [3.05, 3.63) is 71.3 Å². The van der Waals surface area contributed by atoms with E-state index in [0.29, 0.717) is 63.3 Å². The maximum atomic E-state index is 13.9. The second-order valence-electron chi connectivity index (χ2n) is 25.1. The lowest BCUT2D eigenvalue weighted by atomic mass is 9.47. The van der Waals surface area contributed by atoms with Gasteiger partial charge in [0, 0.05) is 64.4 Å². The summed E-state index contributed by atoms with van der Waals surface area (Å²) in [6.45, 7) is 18.7. The van der Waals surface area contributed by atoms with Gasteiger partial charge in [-0.1, -0.05) is 70.0 Å². The molecule has 3 unspecified atom stereocenters.